The van der Waals surface area contributed by atoms with Crippen molar-refractivity contribution in [2.45, 2.75) is 104 Å². The van der Waals surface area contributed by atoms with E-state index in [0.29, 0.717) is 87.5 Å². The lowest BCUT2D eigenvalue weighted by atomic mass is 9.47. The number of piperidine rings is 1. The highest BCUT2D eigenvalue weighted by molar-refractivity contribution is 8.00. The van der Waals surface area contributed by atoms with Crippen molar-refractivity contribution in [1.82, 2.24) is 14.8 Å². The van der Waals surface area contributed by atoms with Crippen molar-refractivity contribution in [2.75, 3.05) is 71.8 Å². The first-order valence-electron chi connectivity index (χ1n) is 22.4. The van der Waals surface area contributed by atoms with E-state index in [1.807, 2.05) is 62.2 Å². The van der Waals surface area contributed by atoms with Crippen LogP contribution in [-0.2, 0) is 50.6 Å². The number of carbonyl (C=O) groups excluding carboxylic acids is 3. The zero-order valence-corrected chi connectivity index (χ0v) is 38.5. The van der Waals surface area contributed by atoms with E-state index in [2.05, 4.69) is 20.9 Å². The number of esters is 3. The molecule has 1 aromatic heterocycles. The Hall–Kier alpha value is -4.61. The van der Waals surface area contributed by atoms with Gasteiger partial charge in [-0.15, -0.1) is 11.8 Å². The summed E-state index contributed by atoms with van der Waals surface area (Å²) >= 11 is 1.23. The lowest BCUT2D eigenvalue weighted by Gasteiger charge is -2.63. The number of carboxylic acid groups (broad SMARTS) is 1. The molecule has 2 bridgehead atoms. The number of carbonyl (C=O) groups is 4. The molecule has 10 atom stereocenters. The number of benzene rings is 2. The second-order valence-corrected chi connectivity index (χ2v) is 20.1. The number of anilines is 1. The summed E-state index contributed by atoms with van der Waals surface area (Å²) in [5.41, 5.74) is -2.50. The first-order valence-corrected chi connectivity index (χ1v) is 23.4. The molecule has 64 heavy (non-hydrogen) atoms. The van der Waals surface area contributed by atoms with E-state index < -0.39 is 63.5 Å². The van der Waals surface area contributed by atoms with Crippen LogP contribution in [0.3, 0.4) is 0 Å². The summed E-state index contributed by atoms with van der Waals surface area (Å²) in [4.78, 5) is 65.7. The second-order valence-electron chi connectivity index (χ2n) is 19.0. The quantitative estimate of drug-likeness (QED) is 0.0981. The maximum Gasteiger partial charge on any atom is 0.344 e. The summed E-state index contributed by atoms with van der Waals surface area (Å²) in [6, 6.07) is 8.44. The number of aromatic nitrogens is 1. The van der Waals surface area contributed by atoms with Gasteiger partial charge in [-0.2, -0.15) is 0 Å². The van der Waals surface area contributed by atoms with Crippen LogP contribution in [0.15, 0.2) is 47.4 Å². The molecular weight excluding hydrogens is 841 g/mol. The molecule has 0 amide bonds. The van der Waals surface area contributed by atoms with E-state index in [0.717, 1.165) is 26.9 Å². The van der Waals surface area contributed by atoms with Crippen molar-refractivity contribution in [3.8, 4) is 5.75 Å². The number of nitrogens with one attached hydrogen (secondary N) is 1. The zero-order valence-electron chi connectivity index (χ0n) is 37.7. The number of methoxy groups -OCH3 is 3. The normalized spacial score (nSPS) is 35.0. The third-order valence-corrected chi connectivity index (χ3v) is 17.0. The molecule has 0 radical (unpaired) electrons. The minimum Gasteiger partial charge on any atom is -0.496 e. The molecule has 1 unspecified atom stereocenters. The van der Waals surface area contributed by atoms with E-state index in [1.165, 1.54) is 32.9 Å². The molecule has 16 heteroatoms. The van der Waals surface area contributed by atoms with Crippen molar-refractivity contribution in [3.05, 3.63) is 64.9 Å². The van der Waals surface area contributed by atoms with Gasteiger partial charge in [-0.3, -0.25) is 24.2 Å². The van der Waals surface area contributed by atoms with Crippen molar-refractivity contribution in [1.29, 1.82) is 0 Å². The Bertz CT molecular complexity index is 2460. The third-order valence-electron chi connectivity index (χ3n) is 16.0. The van der Waals surface area contributed by atoms with Gasteiger partial charge in [0, 0.05) is 95.8 Å². The fourth-order valence-corrected chi connectivity index (χ4v) is 14.4. The number of nitrogens with zero attached hydrogens (tertiary/aromatic N) is 3. The highest BCUT2D eigenvalue weighted by Gasteiger charge is 2.80. The molecule has 1 aliphatic carbocycles. The molecular formula is C48H60N4O11S. The SMILES string of the molecule is CC[C@]1(O)C[C@H]2CN(CCc3c([nH]c4ccc(SCC(=O)O)cc34)[C@@](C(=O)OC)(c3cc4c(cc3OC)N(C)[C@H]3[C@@](O)(C(=O)OC)[C@H](OC(C)=O)[C@]5(CC)C=CCN6CC[C@]43[C@@H]65)C2)C1. The second kappa shape index (κ2) is 15.8. The van der Waals surface area contributed by atoms with E-state index >= 15 is 4.79 Å². The lowest BCUT2D eigenvalue weighted by Crippen LogP contribution is -2.81. The Morgan fingerprint density at radius 1 is 0.953 bits per heavy atom. The van der Waals surface area contributed by atoms with Crippen LogP contribution < -0.4 is 9.64 Å². The number of hydrogen-bond donors (Lipinski definition) is 4. The molecule has 1 saturated carbocycles. The minimum atomic E-state index is -2.35. The zero-order chi connectivity index (χ0) is 45.7. The summed E-state index contributed by atoms with van der Waals surface area (Å²) in [6.45, 7) is 8.24. The summed E-state index contributed by atoms with van der Waals surface area (Å²) < 4.78 is 24.0. The summed E-state index contributed by atoms with van der Waals surface area (Å²) in [7, 11) is 6.03. The number of H-pyrrole nitrogens is 1. The average Bonchev–Trinajstić information content (AvgIpc) is 3.94. The summed E-state index contributed by atoms with van der Waals surface area (Å²) in [5, 5.41) is 35.9. The van der Waals surface area contributed by atoms with Gasteiger partial charge in [-0.05, 0) is 86.4 Å². The van der Waals surface area contributed by atoms with Crippen molar-refractivity contribution < 1.29 is 53.4 Å². The lowest BCUT2D eigenvalue weighted by molar-refractivity contribution is -0.228. The summed E-state index contributed by atoms with van der Waals surface area (Å²) in [5.74, 6) is -2.87. The topological polar surface area (TPSA) is 191 Å². The predicted octanol–water partition coefficient (Wildman–Crippen LogP) is 4.17. The molecule has 5 aliphatic heterocycles. The van der Waals surface area contributed by atoms with Gasteiger partial charge < -0.3 is 44.2 Å². The molecule has 6 heterocycles. The van der Waals surface area contributed by atoms with E-state index in [1.54, 1.807) is 7.11 Å². The largest absolute Gasteiger partial charge is 0.496 e. The van der Waals surface area contributed by atoms with Crippen molar-refractivity contribution in [3.63, 3.8) is 0 Å². The molecule has 344 valence electrons. The predicted molar refractivity (Wildman–Crippen MR) is 239 cm³/mol. The smallest absolute Gasteiger partial charge is 0.344 e. The van der Waals surface area contributed by atoms with Crippen LogP contribution in [0.5, 0.6) is 5.75 Å². The Balaban J connectivity index is 1.35. The first-order chi connectivity index (χ1) is 30.5. The summed E-state index contributed by atoms with van der Waals surface area (Å²) in [6.07, 6.45) is 5.46. The molecule has 4 N–H and O–H groups in total. The number of thioether (sulfide) groups is 1. The van der Waals surface area contributed by atoms with Gasteiger partial charge in [0.25, 0.3) is 0 Å². The number of carboxylic acids is 1. The van der Waals surface area contributed by atoms with Crippen LogP contribution >= 0.6 is 11.8 Å². The van der Waals surface area contributed by atoms with Gasteiger partial charge >= 0.3 is 23.9 Å². The van der Waals surface area contributed by atoms with Crippen molar-refractivity contribution in [2.24, 2.45) is 11.3 Å². The highest BCUT2D eigenvalue weighted by Crippen LogP contribution is 2.68. The standard InChI is InChI=1S/C48H60N4O11S/c1-8-44(58)22-28-23-47(42(56)61-6,38-30(13-17-51(24-28)26-44)31-19-29(64-25-37(54)55)11-12-34(31)49-38)33-20-32-35(21-36(33)60-5)50(4)40-46(32)15-18-52-16-10-14-45(9-2,39(46)52)41(63-27(3)53)48(40,59)43(57)62-7/h10-12,14,19-21,28,39-41,49,58-59H,8-9,13,15-18,22-26H2,1-7H3,(H,54,55)/t28-,39+,40-,41-,44+,45-,46-,47+,48+/m1/s1. The molecule has 2 saturated heterocycles. The minimum absolute atomic E-state index is 0.112. The fourth-order valence-electron chi connectivity index (χ4n) is 13.8. The van der Waals surface area contributed by atoms with Crippen LogP contribution in [0.1, 0.15) is 75.3 Å². The molecule has 9 rings (SSSR count). The van der Waals surface area contributed by atoms with Gasteiger partial charge in [-0.1, -0.05) is 26.0 Å². The van der Waals surface area contributed by atoms with Gasteiger partial charge in [0.1, 0.15) is 11.2 Å². The van der Waals surface area contributed by atoms with E-state index in [9.17, 15) is 29.7 Å². The van der Waals surface area contributed by atoms with Gasteiger partial charge in [0.2, 0.25) is 5.60 Å². The fraction of sp³-hybridized carbons (Fsp3) is 0.583. The van der Waals surface area contributed by atoms with Gasteiger partial charge in [-0.25, -0.2) is 4.79 Å². The average molecular weight is 901 g/mol. The molecule has 15 nitrogen and oxygen atoms in total. The van der Waals surface area contributed by atoms with E-state index in [-0.39, 0.29) is 24.1 Å². The molecule has 2 aromatic carbocycles. The maximum atomic E-state index is 15.5. The number of rotatable bonds is 10. The van der Waals surface area contributed by atoms with Crippen LogP contribution in [0.25, 0.3) is 10.9 Å². The van der Waals surface area contributed by atoms with Crippen LogP contribution in [0.2, 0.25) is 0 Å². The van der Waals surface area contributed by atoms with Gasteiger partial charge in [0.05, 0.1) is 38.7 Å². The Kier molecular flexibility index (Phi) is 11.0. The molecule has 6 aliphatic rings. The number of hydrogen-bond acceptors (Lipinski definition) is 14. The van der Waals surface area contributed by atoms with E-state index in [4.69, 9.17) is 18.9 Å². The van der Waals surface area contributed by atoms with Crippen LogP contribution in [0, 0.1) is 11.3 Å². The highest BCUT2D eigenvalue weighted by atomic mass is 32.2. The van der Waals surface area contributed by atoms with Gasteiger partial charge in [0.15, 0.2) is 6.10 Å². The third kappa shape index (κ3) is 6.14. The van der Waals surface area contributed by atoms with Crippen molar-refractivity contribution >= 4 is 52.2 Å². The monoisotopic (exact) mass is 900 g/mol. The number of aliphatic carboxylic acids is 1. The number of likely N-dealkylation sites (N-methyl/N-ethyl adjacent to an activating group) is 1. The molecule has 1 spiro atoms. The number of aromatic amines is 1. The molecule has 3 aromatic rings. The molecule has 3 fully saturated rings. The van der Waals surface area contributed by atoms with Crippen LogP contribution in [0.4, 0.5) is 5.69 Å². The number of aliphatic hydroxyl groups is 2. The Morgan fingerprint density at radius 2 is 1.72 bits per heavy atom. The number of fused-ring (bicyclic) bond motifs is 6. The van der Waals surface area contributed by atoms with Crippen LogP contribution in [-0.4, -0.2) is 150 Å². The first kappa shape index (κ1) is 44.6. The number of ether oxygens (including phenoxy) is 4. The maximum absolute atomic E-state index is 15.5. The Morgan fingerprint density at radius 3 is 2.39 bits per heavy atom. The Labute approximate surface area is 377 Å².